The van der Waals surface area contributed by atoms with Crippen LogP contribution in [0.15, 0.2) is 36.7 Å². The lowest BCUT2D eigenvalue weighted by Crippen LogP contribution is -2.41. The Morgan fingerprint density at radius 3 is 2.88 bits per heavy atom. The van der Waals surface area contributed by atoms with Crippen molar-refractivity contribution in [2.75, 3.05) is 37.0 Å². The Hall–Kier alpha value is -1.99. The van der Waals surface area contributed by atoms with E-state index < -0.39 is 0 Å². The van der Waals surface area contributed by atoms with Crippen LogP contribution in [0.3, 0.4) is 0 Å². The molecule has 3 rings (SSSR count). The Morgan fingerprint density at radius 1 is 1.42 bits per heavy atom. The number of carbonyl (C=O) groups excluding carboxylic acids is 1. The molecule has 24 heavy (non-hydrogen) atoms. The Kier molecular flexibility index (Phi) is 5.42. The molecule has 0 saturated carbocycles. The summed E-state index contributed by atoms with van der Waals surface area (Å²) in [5.74, 6) is 2.81. The summed E-state index contributed by atoms with van der Waals surface area (Å²) in [5.41, 5.74) is 1.95. The number of amides is 1. The van der Waals surface area contributed by atoms with E-state index in [0.29, 0.717) is 6.54 Å². The summed E-state index contributed by atoms with van der Waals surface area (Å²) in [6, 6.07) is 7.61. The van der Waals surface area contributed by atoms with Crippen molar-refractivity contribution in [3.63, 3.8) is 0 Å². The fourth-order valence-electron chi connectivity index (χ4n) is 2.81. The molecule has 0 radical (unpaired) electrons. The average molecular weight is 346 g/mol. The molecule has 0 unspecified atom stereocenters. The van der Waals surface area contributed by atoms with E-state index in [2.05, 4.69) is 15.3 Å². The summed E-state index contributed by atoms with van der Waals surface area (Å²) in [7, 11) is 3.54. The number of nitrogens with zero attached hydrogens (tertiary/aromatic N) is 3. The van der Waals surface area contributed by atoms with Gasteiger partial charge in [-0.05, 0) is 24.3 Å². The van der Waals surface area contributed by atoms with Crippen LogP contribution < -0.4 is 10.1 Å². The predicted molar refractivity (Wildman–Crippen MR) is 96.5 cm³/mol. The summed E-state index contributed by atoms with van der Waals surface area (Å²) in [5, 5.41) is 7.21. The molecular weight excluding hydrogens is 324 g/mol. The molecule has 6 nitrogen and oxygen atoms in total. The van der Waals surface area contributed by atoms with Crippen LogP contribution in [0.5, 0.6) is 5.75 Å². The number of hydrogen-bond donors (Lipinski definition) is 1. The third kappa shape index (κ3) is 4.10. The monoisotopic (exact) mass is 346 g/mol. The lowest BCUT2D eigenvalue weighted by atomic mass is 10.1. The second-order valence-electron chi connectivity index (χ2n) is 5.79. The quantitative estimate of drug-likeness (QED) is 0.899. The SMILES string of the molecule is COc1ccc(NC(=O)CN2CCSC[C@H]2c2cnn(C)c2)cc1. The largest absolute Gasteiger partial charge is 0.497 e. The molecule has 1 saturated heterocycles. The van der Waals surface area contributed by atoms with Crippen LogP contribution in [0, 0.1) is 0 Å². The minimum atomic E-state index is 0.000886. The van der Waals surface area contributed by atoms with Crippen molar-refractivity contribution in [1.29, 1.82) is 0 Å². The molecule has 1 aromatic carbocycles. The molecule has 2 aromatic rings. The second kappa shape index (κ2) is 7.72. The van der Waals surface area contributed by atoms with Crippen molar-refractivity contribution in [2.45, 2.75) is 6.04 Å². The van der Waals surface area contributed by atoms with Gasteiger partial charge in [-0.25, -0.2) is 0 Å². The third-order valence-electron chi connectivity index (χ3n) is 4.07. The summed E-state index contributed by atoms with van der Waals surface area (Å²) < 4.78 is 6.94. The van der Waals surface area contributed by atoms with Gasteiger partial charge in [0.1, 0.15) is 5.75 Å². The maximum absolute atomic E-state index is 12.4. The van der Waals surface area contributed by atoms with Gasteiger partial charge in [-0.15, -0.1) is 0 Å². The number of benzene rings is 1. The fraction of sp³-hybridized carbons (Fsp3) is 0.412. The normalized spacial score (nSPS) is 18.3. The topological polar surface area (TPSA) is 59.4 Å². The smallest absolute Gasteiger partial charge is 0.238 e. The lowest BCUT2D eigenvalue weighted by Gasteiger charge is -2.34. The Bertz CT molecular complexity index is 686. The lowest BCUT2D eigenvalue weighted by molar-refractivity contribution is -0.117. The van der Waals surface area contributed by atoms with E-state index in [1.165, 1.54) is 5.56 Å². The molecule has 1 N–H and O–H groups in total. The van der Waals surface area contributed by atoms with Gasteiger partial charge < -0.3 is 10.1 Å². The van der Waals surface area contributed by atoms with Gasteiger partial charge in [-0.3, -0.25) is 14.4 Å². The first-order valence-electron chi connectivity index (χ1n) is 7.90. The van der Waals surface area contributed by atoms with Crippen molar-refractivity contribution in [1.82, 2.24) is 14.7 Å². The molecule has 1 aliphatic heterocycles. The zero-order chi connectivity index (χ0) is 16.9. The van der Waals surface area contributed by atoms with E-state index in [1.807, 2.05) is 60.2 Å². The van der Waals surface area contributed by atoms with Gasteiger partial charge in [0.15, 0.2) is 0 Å². The van der Waals surface area contributed by atoms with Gasteiger partial charge in [0, 0.05) is 48.6 Å². The third-order valence-corrected chi connectivity index (χ3v) is 5.09. The molecule has 7 heteroatoms. The predicted octanol–water partition coefficient (Wildman–Crippen LogP) is 2.16. The van der Waals surface area contributed by atoms with Crippen LogP contribution >= 0.6 is 11.8 Å². The van der Waals surface area contributed by atoms with E-state index in [-0.39, 0.29) is 11.9 Å². The van der Waals surface area contributed by atoms with Crippen molar-refractivity contribution in [2.24, 2.45) is 7.05 Å². The minimum Gasteiger partial charge on any atom is -0.497 e. The van der Waals surface area contributed by atoms with Crippen molar-refractivity contribution < 1.29 is 9.53 Å². The first-order chi connectivity index (χ1) is 11.7. The standard InChI is InChI=1S/C17H22N4O2S/c1-20-10-13(9-18-20)16-12-24-8-7-21(16)11-17(22)19-14-3-5-15(23-2)6-4-14/h3-6,9-10,16H,7-8,11-12H2,1-2H3,(H,19,22)/t16-/m0/s1. The first kappa shape index (κ1) is 16.9. The van der Waals surface area contributed by atoms with E-state index in [1.54, 1.807) is 7.11 Å². The van der Waals surface area contributed by atoms with Crippen LogP contribution in [0.4, 0.5) is 5.69 Å². The number of methoxy groups -OCH3 is 1. The molecule has 1 aromatic heterocycles. The number of thioether (sulfide) groups is 1. The summed E-state index contributed by atoms with van der Waals surface area (Å²) in [4.78, 5) is 14.6. The fourth-order valence-corrected chi connectivity index (χ4v) is 3.96. The Morgan fingerprint density at radius 2 is 2.21 bits per heavy atom. The molecule has 1 amide bonds. The van der Waals surface area contributed by atoms with Crippen LogP contribution in [-0.4, -0.2) is 52.3 Å². The highest BCUT2D eigenvalue weighted by molar-refractivity contribution is 7.99. The van der Waals surface area contributed by atoms with Gasteiger partial charge in [-0.2, -0.15) is 16.9 Å². The highest BCUT2D eigenvalue weighted by Gasteiger charge is 2.26. The zero-order valence-electron chi connectivity index (χ0n) is 13.9. The van der Waals surface area contributed by atoms with Crippen LogP contribution in [0.1, 0.15) is 11.6 Å². The van der Waals surface area contributed by atoms with E-state index >= 15 is 0 Å². The molecule has 0 spiro atoms. The molecule has 2 heterocycles. The van der Waals surface area contributed by atoms with Crippen LogP contribution in [0.2, 0.25) is 0 Å². The molecule has 1 atom stereocenters. The molecular formula is C17H22N4O2S. The number of aryl methyl sites for hydroxylation is 1. The van der Waals surface area contributed by atoms with Crippen molar-refractivity contribution in [3.8, 4) is 5.75 Å². The summed E-state index contributed by atoms with van der Waals surface area (Å²) >= 11 is 1.92. The van der Waals surface area contributed by atoms with E-state index in [0.717, 1.165) is 29.5 Å². The number of aromatic nitrogens is 2. The highest BCUT2D eigenvalue weighted by Crippen LogP contribution is 2.29. The summed E-state index contributed by atoms with van der Waals surface area (Å²) in [6.07, 6.45) is 3.93. The number of rotatable bonds is 5. The van der Waals surface area contributed by atoms with E-state index in [4.69, 9.17) is 4.74 Å². The van der Waals surface area contributed by atoms with Gasteiger partial charge in [-0.1, -0.05) is 0 Å². The van der Waals surface area contributed by atoms with Crippen molar-refractivity contribution >= 4 is 23.4 Å². The highest BCUT2D eigenvalue weighted by atomic mass is 32.2. The molecule has 0 bridgehead atoms. The number of hydrogen-bond acceptors (Lipinski definition) is 5. The van der Waals surface area contributed by atoms with Crippen LogP contribution in [0.25, 0.3) is 0 Å². The van der Waals surface area contributed by atoms with Gasteiger partial charge >= 0.3 is 0 Å². The first-order valence-corrected chi connectivity index (χ1v) is 9.05. The molecule has 0 aliphatic carbocycles. The Balaban J connectivity index is 1.62. The minimum absolute atomic E-state index is 0.000886. The number of anilines is 1. The van der Waals surface area contributed by atoms with E-state index in [9.17, 15) is 4.79 Å². The van der Waals surface area contributed by atoms with Crippen molar-refractivity contribution in [3.05, 3.63) is 42.2 Å². The molecule has 1 fully saturated rings. The average Bonchev–Trinajstić information content (AvgIpc) is 3.02. The molecule has 128 valence electrons. The number of carbonyl (C=O) groups is 1. The van der Waals surface area contributed by atoms with Crippen LogP contribution in [-0.2, 0) is 11.8 Å². The van der Waals surface area contributed by atoms with Gasteiger partial charge in [0.05, 0.1) is 19.9 Å². The zero-order valence-corrected chi connectivity index (χ0v) is 14.8. The summed E-state index contributed by atoms with van der Waals surface area (Å²) in [6.45, 7) is 1.28. The number of nitrogens with one attached hydrogen (secondary N) is 1. The van der Waals surface area contributed by atoms with Gasteiger partial charge in [0.2, 0.25) is 5.91 Å². The maximum atomic E-state index is 12.4. The Labute approximate surface area is 146 Å². The van der Waals surface area contributed by atoms with Gasteiger partial charge in [0.25, 0.3) is 0 Å². The number of ether oxygens (including phenoxy) is 1. The second-order valence-corrected chi connectivity index (χ2v) is 6.94. The maximum Gasteiger partial charge on any atom is 0.238 e. The molecule has 1 aliphatic rings.